The highest BCUT2D eigenvalue weighted by Crippen LogP contribution is 2.64. The zero-order chi connectivity index (χ0) is 21.4. The molecule has 4 nitrogen and oxygen atoms in total. The van der Waals surface area contributed by atoms with Crippen molar-refractivity contribution < 1.29 is 9.90 Å². The van der Waals surface area contributed by atoms with Crippen molar-refractivity contribution in [2.24, 2.45) is 35.6 Å². The lowest BCUT2D eigenvalue weighted by Gasteiger charge is -2.56. The van der Waals surface area contributed by atoms with Gasteiger partial charge in [-0.25, -0.2) is 0 Å². The van der Waals surface area contributed by atoms with Crippen LogP contribution in [0.2, 0.25) is 0 Å². The standard InChI is InChI=1S/C26H36N2O2/c1-15-21(16(2)28(5)27-15)12-17-13-23-20-7-6-18-14-19(29)8-10-25(18,3)22(20)9-11-26(23,4)24(17)30/h6,12,19-20,22-23,29H,7-11,13-14H2,1-5H3. The second kappa shape index (κ2) is 6.66. The second-order valence-corrected chi connectivity index (χ2v) is 11.0. The number of hydrogen-bond acceptors (Lipinski definition) is 3. The molecule has 4 heteroatoms. The number of Topliss-reactive ketones (excluding diaryl/α,β-unsaturated/α-hetero) is 1. The number of hydrogen-bond donors (Lipinski definition) is 1. The molecule has 0 aromatic carbocycles. The predicted molar refractivity (Wildman–Crippen MR) is 119 cm³/mol. The summed E-state index contributed by atoms with van der Waals surface area (Å²) in [4.78, 5) is 13.6. The van der Waals surface area contributed by atoms with Crippen molar-refractivity contribution in [2.45, 2.75) is 78.7 Å². The quantitative estimate of drug-likeness (QED) is 0.530. The summed E-state index contributed by atoms with van der Waals surface area (Å²) in [7, 11) is 1.97. The van der Waals surface area contributed by atoms with E-state index in [0.29, 0.717) is 23.5 Å². The first-order valence-electron chi connectivity index (χ1n) is 11.8. The summed E-state index contributed by atoms with van der Waals surface area (Å²) in [6, 6.07) is 0. The number of carbonyl (C=O) groups excluding carboxylic acids is 1. The fraction of sp³-hybridized carbons (Fsp3) is 0.692. The van der Waals surface area contributed by atoms with E-state index in [4.69, 9.17) is 0 Å². The van der Waals surface area contributed by atoms with E-state index in [1.54, 1.807) is 0 Å². The average molecular weight is 409 g/mol. The zero-order valence-corrected chi connectivity index (χ0v) is 19.2. The lowest BCUT2D eigenvalue weighted by Crippen LogP contribution is -2.50. The first kappa shape index (κ1) is 20.2. The first-order valence-corrected chi connectivity index (χ1v) is 11.8. The van der Waals surface area contributed by atoms with Crippen LogP contribution in [0.5, 0.6) is 0 Å². The maximum Gasteiger partial charge on any atom is 0.165 e. The van der Waals surface area contributed by atoms with Crippen molar-refractivity contribution in [3.8, 4) is 0 Å². The third-order valence-corrected chi connectivity index (χ3v) is 9.60. The van der Waals surface area contributed by atoms with E-state index in [0.717, 1.165) is 67.5 Å². The molecule has 0 amide bonds. The summed E-state index contributed by atoms with van der Waals surface area (Å²) in [5.74, 6) is 2.05. The van der Waals surface area contributed by atoms with Gasteiger partial charge in [0.05, 0.1) is 11.8 Å². The van der Waals surface area contributed by atoms with Gasteiger partial charge in [0.1, 0.15) is 0 Å². The molecule has 1 aromatic rings. The van der Waals surface area contributed by atoms with Crippen LogP contribution in [0.4, 0.5) is 0 Å². The maximum atomic E-state index is 13.6. The Morgan fingerprint density at radius 1 is 1.13 bits per heavy atom. The number of nitrogens with zero attached hydrogens (tertiary/aromatic N) is 2. The van der Waals surface area contributed by atoms with Gasteiger partial charge in [0.25, 0.3) is 0 Å². The van der Waals surface area contributed by atoms with Gasteiger partial charge in [0.15, 0.2) is 5.78 Å². The molecule has 1 N–H and O–H groups in total. The van der Waals surface area contributed by atoms with Crippen LogP contribution in [0.3, 0.4) is 0 Å². The highest BCUT2D eigenvalue weighted by molar-refractivity contribution is 6.06. The molecular weight excluding hydrogens is 372 g/mol. The minimum atomic E-state index is -0.215. The molecule has 0 spiro atoms. The average Bonchev–Trinajstić information content (AvgIpc) is 3.10. The summed E-state index contributed by atoms with van der Waals surface area (Å²) in [6.07, 6.45) is 11.4. The van der Waals surface area contributed by atoms with Crippen molar-refractivity contribution in [3.63, 3.8) is 0 Å². The topological polar surface area (TPSA) is 55.1 Å². The van der Waals surface area contributed by atoms with E-state index in [2.05, 4.69) is 38.0 Å². The van der Waals surface area contributed by atoms with Gasteiger partial charge in [0.2, 0.25) is 0 Å². The Labute approximate surface area is 180 Å². The molecule has 30 heavy (non-hydrogen) atoms. The van der Waals surface area contributed by atoms with E-state index < -0.39 is 0 Å². The fourth-order valence-corrected chi connectivity index (χ4v) is 7.61. The number of fused-ring (bicyclic) bond motifs is 5. The summed E-state index contributed by atoms with van der Waals surface area (Å²) in [5.41, 5.74) is 5.77. The summed E-state index contributed by atoms with van der Waals surface area (Å²) >= 11 is 0. The monoisotopic (exact) mass is 408 g/mol. The number of aromatic nitrogens is 2. The number of carbonyl (C=O) groups is 1. The zero-order valence-electron chi connectivity index (χ0n) is 19.2. The van der Waals surface area contributed by atoms with E-state index >= 15 is 0 Å². The Morgan fingerprint density at radius 3 is 2.57 bits per heavy atom. The maximum absolute atomic E-state index is 13.6. The van der Waals surface area contributed by atoms with Crippen LogP contribution in [0, 0.1) is 42.4 Å². The van der Waals surface area contributed by atoms with Crippen molar-refractivity contribution >= 4 is 11.9 Å². The van der Waals surface area contributed by atoms with Gasteiger partial charge in [-0.1, -0.05) is 25.5 Å². The Hall–Kier alpha value is -1.68. The highest BCUT2D eigenvalue weighted by atomic mass is 16.3. The van der Waals surface area contributed by atoms with Crippen molar-refractivity contribution in [3.05, 3.63) is 34.2 Å². The Kier molecular flexibility index (Phi) is 4.49. The van der Waals surface area contributed by atoms with Crippen LogP contribution in [-0.2, 0) is 11.8 Å². The number of allylic oxidation sites excluding steroid dienone is 2. The lowest BCUT2D eigenvalue weighted by atomic mass is 9.48. The van der Waals surface area contributed by atoms with Gasteiger partial charge in [-0.2, -0.15) is 5.10 Å². The van der Waals surface area contributed by atoms with Crippen LogP contribution >= 0.6 is 0 Å². The molecule has 6 atom stereocenters. The minimum Gasteiger partial charge on any atom is -0.393 e. The molecule has 0 bridgehead atoms. The Balaban J connectivity index is 1.50. The minimum absolute atomic E-state index is 0.164. The largest absolute Gasteiger partial charge is 0.393 e. The second-order valence-electron chi connectivity index (χ2n) is 11.0. The molecule has 4 aliphatic carbocycles. The van der Waals surface area contributed by atoms with Crippen LogP contribution in [-0.4, -0.2) is 26.8 Å². The molecule has 3 fully saturated rings. The molecule has 3 saturated carbocycles. The summed E-state index contributed by atoms with van der Waals surface area (Å²) in [5, 5.41) is 14.8. The molecule has 0 radical (unpaired) electrons. The fourth-order valence-electron chi connectivity index (χ4n) is 7.61. The molecule has 1 heterocycles. The van der Waals surface area contributed by atoms with Gasteiger partial charge >= 0.3 is 0 Å². The highest BCUT2D eigenvalue weighted by Gasteiger charge is 2.59. The Morgan fingerprint density at radius 2 is 1.87 bits per heavy atom. The van der Waals surface area contributed by atoms with Crippen LogP contribution in [0.25, 0.3) is 6.08 Å². The molecule has 0 saturated heterocycles. The SMILES string of the molecule is Cc1nn(C)c(C)c1C=C1CC2C3CC=C4CC(O)CCC4(C)C3CCC2(C)C1=O. The van der Waals surface area contributed by atoms with E-state index in [1.165, 1.54) is 5.57 Å². The van der Waals surface area contributed by atoms with E-state index in [1.807, 2.05) is 18.7 Å². The van der Waals surface area contributed by atoms with Crippen LogP contribution in [0.15, 0.2) is 17.2 Å². The normalized spacial score (nSPS) is 42.0. The van der Waals surface area contributed by atoms with Crippen molar-refractivity contribution in [2.75, 3.05) is 0 Å². The smallest absolute Gasteiger partial charge is 0.165 e. The first-order chi connectivity index (χ1) is 14.1. The van der Waals surface area contributed by atoms with Gasteiger partial charge in [-0.3, -0.25) is 9.48 Å². The third kappa shape index (κ3) is 2.68. The molecule has 1 aromatic heterocycles. The summed E-state index contributed by atoms with van der Waals surface area (Å²) < 4.78 is 1.91. The van der Waals surface area contributed by atoms with Crippen molar-refractivity contribution in [1.82, 2.24) is 9.78 Å². The summed E-state index contributed by atoms with van der Waals surface area (Å²) in [6.45, 7) is 8.81. The van der Waals surface area contributed by atoms with Gasteiger partial charge in [-0.05, 0) is 93.6 Å². The molecule has 5 rings (SSSR count). The van der Waals surface area contributed by atoms with Crippen molar-refractivity contribution in [1.29, 1.82) is 0 Å². The number of aliphatic hydroxyl groups excluding tert-OH is 1. The van der Waals surface area contributed by atoms with E-state index in [9.17, 15) is 9.90 Å². The van der Waals surface area contributed by atoms with Gasteiger partial charge in [0, 0.05) is 23.7 Å². The van der Waals surface area contributed by atoms with Crippen LogP contribution in [0.1, 0.15) is 75.7 Å². The molecule has 162 valence electrons. The molecule has 4 aliphatic rings. The molecule has 6 unspecified atom stereocenters. The number of aryl methyl sites for hydroxylation is 2. The molecule has 0 aliphatic heterocycles. The molecular formula is C26H36N2O2. The lowest BCUT2D eigenvalue weighted by molar-refractivity contribution is -0.130. The van der Waals surface area contributed by atoms with Crippen LogP contribution < -0.4 is 0 Å². The number of aliphatic hydroxyl groups is 1. The third-order valence-electron chi connectivity index (χ3n) is 9.60. The van der Waals surface area contributed by atoms with E-state index in [-0.39, 0.29) is 16.9 Å². The number of ketones is 1. The number of rotatable bonds is 1. The Bertz CT molecular complexity index is 970. The predicted octanol–water partition coefficient (Wildman–Crippen LogP) is 4.92. The van der Waals surface area contributed by atoms with Gasteiger partial charge < -0.3 is 5.11 Å². The van der Waals surface area contributed by atoms with Gasteiger partial charge in [-0.15, -0.1) is 0 Å².